The largest absolute Gasteiger partial charge is 0.488 e. The monoisotopic (exact) mass is 378 g/mol. The third kappa shape index (κ3) is 3.18. The molecule has 0 saturated heterocycles. The molecule has 0 unspecified atom stereocenters. The van der Waals surface area contributed by atoms with E-state index in [0.717, 1.165) is 21.0 Å². The lowest BCUT2D eigenvalue weighted by Crippen LogP contribution is -2.04. The quantitative estimate of drug-likeness (QED) is 0.595. The Morgan fingerprint density at radius 2 is 2.00 bits per heavy atom. The van der Waals surface area contributed by atoms with Crippen LogP contribution in [0.5, 0.6) is 5.75 Å². The summed E-state index contributed by atoms with van der Waals surface area (Å²) in [6.07, 6.45) is 0. The number of fused-ring (bicyclic) bond motifs is 1. The Kier molecular flexibility index (Phi) is 4.23. The van der Waals surface area contributed by atoms with Gasteiger partial charge in [0.2, 0.25) is 0 Å². The van der Waals surface area contributed by atoms with Crippen molar-refractivity contribution >= 4 is 38.5 Å². The van der Waals surface area contributed by atoms with Crippen molar-refractivity contribution in [1.29, 1.82) is 0 Å². The maximum Gasteiger partial charge on any atom is 0.336 e. The molecule has 5 heteroatoms. The molecule has 0 aliphatic heterocycles. The van der Waals surface area contributed by atoms with Gasteiger partial charge in [0.1, 0.15) is 17.9 Å². The number of benzene rings is 2. The molecule has 3 aromatic rings. The molecule has 0 radical (unpaired) electrons. The number of hydrogen-bond acceptors (Lipinski definition) is 3. The summed E-state index contributed by atoms with van der Waals surface area (Å²) in [5, 5.41) is 1.50. The predicted molar refractivity (Wildman–Crippen MR) is 90.7 cm³/mol. The van der Waals surface area contributed by atoms with Crippen LogP contribution in [-0.4, -0.2) is 0 Å². The van der Waals surface area contributed by atoms with Gasteiger partial charge in [-0.05, 0) is 52.7 Å². The summed E-state index contributed by atoms with van der Waals surface area (Å²) in [7, 11) is 0. The van der Waals surface area contributed by atoms with Gasteiger partial charge in [0.15, 0.2) is 0 Å². The van der Waals surface area contributed by atoms with Crippen LogP contribution >= 0.6 is 27.5 Å². The summed E-state index contributed by atoms with van der Waals surface area (Å²) in [6, 6.07) is 12.5. The molecule has 0 amide bonds. The highest BCUT2D eigenvalue weighted by atomic mass is 79.9. The average Bonchev–Trinajstić information content (AvgIpc) is 2.45. The fourth-order valence-corrected chi connectivity index (χ4v) is 3.00. The number of ether oxygens (including phenoxy) is 1. The molecule has 1 aromatic heterocycles. The Hall–Kier alpha value is -1.78. The van der Waals surface area contributed by atoms with E-state index >= 15 is 0 Å². The van der Waals surface area contributed by atoms with Gasteiger partial charge in [-0.1, -0.05) is 23.7 Å². The summed E-state index contributed by atoms with van der Waals surface area (Å²) in [4.78, 5) is 11.7. The van der Waals surface area contributed by atoms with Gasteiger partial charge in [-0.2, -0.15) is 0 Å². The lowest BCUT2D eigenvalue weighted by Gasteiger charge is -2.10. The van der Waals surface area contributed by atoms with Crippen LogP contribution in [0, 0.1) is 6.92 Å². The summed E-state index contributed by atoms with van der Waals surface area (Å²) >= 11 is 9.31. The van der Waals surface area contributed by atoms with E-state index in [0.29, 0.717) is 16.4 Å². The van der Waals surface area contributed by atoms with Crippen molar-refractivity contribution in [2.45, 2.75) is 13.5 Å². The highest BCUT2D eigenvalue weighted by molar-refractivity contribution is 9.10. The molecule has 0 bridgehead atoms. The van der Waals surface area contributed by atoms with E-state index in [4.69, 9.17) is 20.8 Å². The van der Waals surface area contributed by atoms with Gasteiger partial charge in [-0.3, -0.25) is 0 Å². The van der Waals surface area contributed by atoms with Crippen molar-refractivity contribution in [2.24, 2.45) is 0 Å². The highest BCUT2D eigenvalue weighted by Gasteiger charge is 2.08. The van der Waals surface area contributed by atoms with Gasteiger partial charge in [-0.15, -0.1) is 0 Å². The van der Waals surface area contributed by atoms with Gasteiger partial charge in [0, 0.05) is 22.0 Å². The van der Waals surface area contributed by atoms with Crippen LogP contribution in [0.15, 0.2) is 56.1 Å². The predicted octanol–water partition coefficient (Wildman–Crippen LogP) is 5.10. The Labute approximate surface area is 140 Å². The molecule has 22 heavy (non-hydrogen) atoms. The molecule has 0 saturated carbocycles. The molecular weight excluding hydrogens is 368 g/mol. The van der Waals surface area contributed by atoms with Crippen LogP contribution in [0.3, 0.4) is 0 Å². The Morgan fingerprint density at radius 1 is 1.18 bits per heavy atom. The number of rotatable bonds is 3. The second-order valence-electron chi connectivity index (χ2n) is 4.95. The lowest BCUT2D eigenvalue weighted by molar-refractivity contribution is 0.304. The smallest absolute Gasteiger partial charge is 0.336 e. The van der Waals surface area contributed by atoms with E-state index in [1.807, 2.05) is 25.1 Å². The molecule has 0 aliphatic carbocycles. The van der Waals surface area contributed by atoms with Crippen LogP contribution < -0.4 is 10.4 Å². The zero-order valence-corrected chi connectivity index (χ0v) is 14.1. The number of halogens is 2. The third-order valence-corrected chi connectivity index (χ3v) is 4.12. The maximum absolute atomic E-state index is 11.7. The highest BCUT2D eigenvalue weighted by Crippen LogP contribution is 2.29. The minimum Gasteiger partial charge on any atom is -0.488 e. The molecule has 1 heterocycles. The minimum absolute atomic E-state index is 0.269. The van der Waals surface area contributed by atoms with Gasteiger partial charge < -0.3 is 9.15 Å². The lowest BCUT2D eigenvalue weighted by atomic mass is 10.1. The van der Waals surface area contributed by atoms with Crippen molar-refractivity contribution in [2.75, 3.05) is 0 Å². The first-order chi connectivity index (χ1) is 10.5. The van der Waals surface area contributed by atoms with Crippen LogP contribution in [0.25, 0.3) is 11.0 Å². The van der Waals surface area contributed by atoms with Crippen molar-refractivity contribution < 1.29 is 9.15 Å². The number of hydrogen-bond donors (Lipinski definition) is 0. The second-order valence-corrected chi connectivity index (χ2v) is 6.24. The normalized spacial score (nSPS) is 10.9. The van der Waals surface area contributed by atoms with Crippen molar-refractivity contribution in [1.82, 2.24) is 0 Å². The standard InChI is InChI=1S/C17H12BrClO3/c1-10-2-4-13-11(7-17(20)22-16(13)6-10)9-21-15-5-3-12(19)8-14(15)18/h2-8H,9H2,1H3. The van der Waals surface area contributed by atoms with E-state index in [9.17, 15) is 4.79 Å². The molecule has 3 rings (SSSR count). The summed E-state index contributed by atoms with van der Waals surface area (Å²) in [5.74, 6) is 0.665. The van der Waals surface area contributed by atoms with E-state index in [1.54, 1.807) is 18.2 Å². The van der Waals surface area contributed by atoms with E-state index in [1.165, 1.54) is 6.07 Å². The van der Waals surface area contributed by atoms with Gasteiger partial charge in [0.05, 0.1) is 4.47 Å². The van der Waals surface area contributed by atoms with Crippen molar-refractivity contribution in [3.05, 3.63) is 73.5 Å². The summed E-state index contributed by atoms with van der Waals surface area (Å²) in [5.41, 5.74) is 2.01. The number of aryl methyl sites for hydroxylation is 1. The molecule has 3 nitrogen and oxygen atoms in total. The first-order valence-corrected chi connectivity index (χ1v) is 7.81. The Morgan fingerprint density at radius 3 is 2.77 bits per heavy atom. The topological polar surface area (TPSA) is 39.4 Å². The first kappa shape index (κ1) is 15.1. The second kappa shape index (κ2) is 6.15. The van der Waals surface area contributed by atoms with E-state index < -0.39 is 0 Å². The molecule has 0 aliphatic rings. The molecule has 0 spiro atoms. The molecular formula is C17H12BrClO3. The summed E-state index contributed by atoms with van der Waals surface area (Å²) < 4.78 is 11.8. The molecule has 0 fully saturated rings. The fraction of sp³-hybridized carbons (Fsp3) is 0.118. The third-order valence-electron chi connectivity index (χ3n) is 3.26. The van der Waals surface area contributed by atoms with Crippen LogP contribution in [0.1, 0.15) is 11.1 Å². The molecule has 2 aromatic carbocycles. The van der Waals surface area contributed by atoms with Gasteiger partial charge in [-0.25, -0.2) is 4.79 Å². The van der Waals surface area contributed by atoms with Crippen LogP contribution in [0.4, 0.5) is 0 Å². The fourth-order valence-electron chi connectivity index (χ4n) is 2.20. The Balaban J connectivity index is 1.95. The summed E-state index contributed by atoms with van der Waals surface area (Å²) in [6.45, 7) is 2.22. The van der Waals surface area contributed by atoms with Crippen LogP contribution in [-0.2, 0) is 6.61 Å². The molecule has 0 atom stereocenters. The van der Waals surface area contributed by atoms with Crippen molar-refractivity contribution in [3.8, 4) is 5.75 Å². The minimum atomic E-state index is -0.383. The SMILES string of the molecule is Cc1ccc2c(COc3ccc(Cl)cc3Br)cc(=O)oc2c1. The maximum atomic E-state index is 11.7. The van der Waals surface area contributed by atoms with E-state index in [2.05, 4.69) is 15.9 Å². The molecule has 112 valence electrons. The first-order valence-electron chi connectivity index (χ1n) is 6.64. The van der Waals surface area contributed by atoms with Crippen molar-refractivity contribution in [3.63, 3.8) is 0 Å². The van der Waals surface area contributed by atoms with E-state index in [-0.39, 0.29) is 12.2 Å². The average molecular weight is 380 g/mol. The Bertz CT molecular complexity index is 902. The van der Waals surface area contributed by atoms with Crippen LogP contribution in [0.2, 0.25) is 5.02 Å². The van der Waals surface area contributed by atoms with Gasteiger partial charge in [0.25, 0.3) is 0 Å². The zero-order chi connectivity index (χ0) is 15.7. The zero-order valence-electron chi connectivity index (χ0n) is 11.7. The molecule has 0 N–H and O–H groups in total. The van der Waals surface area contributed by atoms with Gasteiger partial charge >= 0.3 is 5.63 Å².